The summed E-state index contributed by atoms with van der Waals surface area (Å²) in [6.45, 7) is 0. The molecule has 0 saturated heterocycles. The van der Waals surface area contributed by atoms with E-state index >= 15 is 0 Å². The summed E-state index contributed by atoms with van der Waals surface area (Å²) in [6, 6.07) is 25.2. The van der Waals surface area contributed by atoms with Gasteiger partial charge in [0.25, 0.3) is 0 Å². The summed E-state index contributed by atoms with van der Waals surface area (Å²) in [7, 11) is 5.46. The van der Waals surface area contributed by atoms with Crippen molar-refractivity contribution < 1.29 is 48.3 Å². The van der Waals surface area contributed by atoms with Crippen molar-refractivity contribution in [2.45, 2.75) is 21.3 Å². The first-order valence-electron chi connectivity index (χ1n) is 13.5. The molecule has 240 valence electrons. The maximum atomic E-state index is 12.2. The molecule has 0 fully saturated rings. The summed E-state index contributed by atoms with van der Waals surface area (Å²) < 4.78 is 19.9. The van der Waals surface area contributed by atoms with Crippen LogP contribution in [-0.2, 0) is 21.0 Å². The zero-order chi connectivity index (χ0) is 33.6. The minimum absolute atomic E-state index is 0.132. The van der Waals surface area contributed by atoms with Gasteiger partial charge in [-0.25, -0.2) is 19.2 Å². The lowest BCUT2D eigenvalue weighted by Gasteiger charge is -2.14. The number of aromatic carboxylic acids is 2. The monoisotopic (exact) mass is 664 g/mol. The summed E-state index contributed by atoms with van der Waals surface area (Å²) in [5, 5.41) is 18.6. The molecular weight excluding hydrogens is 632 g/mol. The standard InChI is InChI=1S/C18H18O5S.C16H14O5S/c1-21-13-9-12(11-24-14-7-5-4-6-8-14)16(18(20)23-3)15(10-13)17(19)22-2;1-21-11-7-10(9-22-12-5-3-2-4-6-12)14(16(19)20)13(8-11)15(17)18/h4-10H,11H2,1-3H3;2-8H,9H2,1H3,(H,17,18)(H,19,20). The Balaban J connectivity index is 0.000000251. The first kappa shape index (κ1) is 35.5. The van der Waals surface area contributed by atoms with E-state index in [9.17, 15) is 29.4 Å². The van der Waals surface area contributed by atoms with Gasteiger partial charge in [-0.3, -0.25) is 0 Å². The number of hydrogen-bond donors (Lipinski definition) is 2. The van der Waals surface area contributed by atoms with Crippen molar-refractivity contribution in [2.75, 3.05) is 28.4 Å². The molecule has 0 heterocycles. The van der Waals surface area contributed by atoms with E-state index in [2.05, 4.69) is 0 Å². The smallest absolute Gasteiger partial charge is 0.339 e. The van der Waals surface area contributed by atoms with Gasteiger partial charge in [0.1, 0.15) is 11.5 Å². The number of methoxy groups -OCH3 is 4. The normalized spacial score (nSPS) is 10.2. The van der Waals surface area contributed by atoms with Gasteiger partial charge in [-0.1, -0.05) is 36.4 Å². The van der Waals surface area contributed by atoms with Crippen LogP contribution in [0.15, 0.2) is 94.7 Å². The second-order valence-corrected chi connectivity index (χ2v) is 11.3. The van der Waals surface area contributed by atoms with Crippen molar-refractivity contribution in [2.24, 2.45) is 0 Å². The number of thioether (sulfide) groups is 2. The molecule has 0 aliphatic heterocycles. The predicted octanol–water partition coefficient (Wildman–Crippen LogP) is 6.94. The summed E-state index contributed by atoms with van der Waals surface area (Å²) in [6.07, 6.45) is 0. The Morgan fingerprint density at radius 2 is 1.00 bits per heavy atom. The fourth-order valence-electron chi connectivity index (χ4n) is 4.20. The SMILES string of the molecule is COC(=O)c1cc(OC)cc(CSc2ccccc2)c1C(=O)OC.COc1cc(CSc2ccccc2)c(C(=O)O)c(C(=O)O)c1. The Hall–Kier alpha value is -4.94. The van der Waals surface area contributed by atoms with E-state index in [0.717, 1.165) is 9.79 Å². The highest BCUT2D eigenvalue weighted by Crippen LogP contribution is 2.31. The lowest BCUT2D eigenvalue weighted by atomic mass is 10.0. The zero-order valence-electron chi connectivity index (χ0n) is 25.5. The molecule has 0 radical (unpaired) electrons. The van der Waals surface area contributed by atoms with E-state index in [4.69, 9.17) is 18.9 Å². The Labute approximate surface area is 274 Å². The molecule has 4 rings (SSSR count). The number of esters is 2. The Morgan fingerprint density at radius 3 is 1.39 bits per heavy atom. The van der Waals surface area contributed by atoms with E-state index in [1.807, 2.05) is 60.7 Å². The van der Waals surface area contributed by atoms with Gasteiger partial charge in [-0.15, -0.1) is 23.5 Å². The molecule has 0 bridgehead atoms. The Kier molecular flexibility index (Phi) is 13.5. The van der Waals surface area contributed by atoms with Crippen LogP contribution in [0.5, 0.6) is 11.5 Å². The van der Waals surface area contributed by atoms with Crippen LogP contribution in [0.25, 0.3) is 0 Å². The number of ether oxygens (including phenoxy) is 4. The van der Waals surface area contributed by atoms with Crippen molar-refractivity contribution >= 4 is 47.4 Å². The van der Waals surface area contributed by atoms with Crippen LogP contribution in [0.2, 0.25) is 0 Å². The van der Waals surface area contributed by atoms with Crippen LogP contribution in [-0.4, -0.2) is 62.5 Å². The average molecular weight is 665 g/mol. The number of carboxylic acid groups (broad SMARTS) is 2. The molecule has 2 N–H and O–H groups in total. The van der Waals surface area contributed by atoms with Crippen LogP contribution in [0, 0.1) is 0 Å². The van der Waals surface area contributed by atoms with Gasteiger partial charge in [-0.05, 0) is 59.7 Å². The molecule has 0 unspecified atom stereocenters. The van der Waals surface area contributed by atoms with Gasteiger partial charge in [0.2, 0.25) is 0 Å². The minimum Gasteiger partial charge on any atom is -0.497 e. The molecule has 0 spiro atoms. The fourth-order valence-corrected chi connectivity index (χ4v) is 6.00. The third-order valence-corrected chi connectivity index (χ3v) is 8.49. The summed E-state index contributed by atoms with van der Waals surface area (Å²) >= 11 is 2.98. The first-order chi connectivity index (χ1) is 22.1. The lowest BCUT2D eigenvalue weighted by molar-refractivity contribution is 0.0554. The van der Waals surface area contributed by atoms with Crippen LogP contribution in [0.1, 0.15) is 52.6 Å². The molecule has 10 nitrogen and oxygen atoms in total. The lowest BCUT2D eigenvalue weighted by Crippen LogP contribution is -2.15. The van der Waals surface area contributed by atoms with E-state index in [0.29, 0.717) is 34.1 Å². The van der Waals surface area contributed by atoms with Crippen LogP contribution in [0.3, 0.4) is 0 Å². The number of hydrogen-bond acceptors (Lipinski definition) is 10. The average Bonchev–Trinajstić information content (AvgIpc) is 3.09. The molecular formula is C34H32O10S2. The van der Waals surface area contributed by atoms with Gasteiger partial charge >= 0.3 is 23.9 Å². The van der Waals surface area contributed by atoms with Gasteiger partial charge in [0.05, 0.1) is 50.7 Å². The maximum Gasteiger partial charge on any atom is 0.339 e. The van der Waals surface area contributed by atoms with E-state index in [-0.39, 0.29) is 22.3 Å². The van der Waals surface area contributed by atoms with E-state index in [1.54, 1.807) is 23.9 Å². The molecule has 0 saturated carbocycles. The Bertz CT molecular complexity index is 1670. The second-order valence-electron chi connectivity index (χ2n) is 9.22. The number of rotatable bonds is 12. The highest BCUT2D eigenvalue weighted by Gasteiger charge is 2.24. The third kappa shape index (κ3) is 9.53. The maximum absolute atomic E-state index is 12.2. The highest BCUT2D eigenvalue weighted by molar-refractivity contribution is 7.98. The van der Waals surface area contributed by atoms with Gasteiger partial charge in [0, 0.05) is 21.3 Å². The van der Waals surface area contributed by atoms with Crippen LogP contribution in [0.4, 0.5) is 0 Å². The molecule has 12 heteroatoms. The van der Waals surface area contributed by atoms with Gasteiger partial charge in [-0.2, -0.15) is 0 Å². The zero-order valence-corrected chi connectivity index (χ0v) is 27.1. The third-order valence-electron chi connectivity index (χ3n) is 6.37. The summed E-state index contributed by atoms with van der Waals surface area (Å²) in [5.41, 5.74) is 0.932. The van der Waals surface area contributed by atoms with Crippen molar-refractivity contribution in [1.29, 1.82) is 0 Å². The van der Waals surface area contributed by atoms with Crippen LogP contribution < -0.4 is 9.47 Å². The van der Waals surface area contributed by atoms with Crippen LogP contribution >= 0.6 is 23.5 Å². The number of carbonyl (C=O) groups excluding carboxylic acids is 2. The largest absolute Gasteiger partial charge is 0.497 e. The first-order valence-corrected chi connectivity index (χ1v) is 15.5. The van der Waals surface area contributed by atoms with E-state index in [1.165, 1.54) is 52.3 Å². The topological polar surface area (TPSA) is 146 Å². The van der Waals surface area contributed by atoms with Crippen molar-refractivity contribution in [3.05, 3.63) is 118 Å². The molecule has 46 heavy (non-hydrogen) atoms. The highest BCUT2D eigenvalue weighted by atomic mass is 32.2. The van der Waals surface area contributed by atoms with Crippen molar-refractivity contribution in [3.63, 3.8) is 0 Å². The summed E-state index contributed by atoms with van der Waals surface area (Å²) in [4.78, 5) is 49.0. The predicted molar refractivity (Wildman–Crippen MR) is 175 cm³/mol. The van der Waals surface area contributed by atoms with Crippen molar-refractivity contribution in [3.8, 4) is 11.5 Å². The van der Waals surface area contributed by atoms with Crippen molar-refractivity contribution in [1.82, 2.24) is 0 Å². The van der Waals surface area contributed by atoms with E-state index < -0.39 is 23.9 Å². The minimum atomic E-state index is -1.29. The quantitative estimate of drug-likeness (QED) is 0.119. The number of carbonyl (C=O) groups is 4. The molecule has 0 aliphatic rings. The molecule has 0 amide bonds. The molecule has 4 aromatic rings. The molecule has 0 atom stereocenters. The molecule has 0 aromatic heterocycles. The molecule has 0 aliphatic carbocycles. The molecule has 4 aromatic carbocycles. The number of benzene rings is 4. The second kappa shape index (κ2) is 17.5. The van der Waals surface area contributed by atoms with Gasteiger partial charge in [0.15, 0.2) is 0 Å². The number of carboxylic acids is 2. The summed E-state index contributed by atoms with van der Waals surface area (Å²) in [5.74, 6) is -2.12. The van der Waals surface area contributed by atoms with Gasteiger partial charge < -0.3 is 29.2 Å². The fraction of sp³-hybridized carbons (Fsp3) is 0.176. The Morgan fingerprint density at radius 1 is 0.565 bits per heavy atom.